The lowest BCUT2D eigenvalue weighted by molar-refractivity contribution is 0.353. The lowest BCUT2D eigenvalue weighted by Crippen LogP contribution is -2.29. The normalized spacial score (nSPS) is 20.5. The lowest BCUT2D eigenvalue weighted by atomic mass is 9.77. The van der Waals surface area contributed by atoms with Crippen molar-refractivity contribution in [2.75, 3.05) is 24.3 Å². The summed E-state index contributed by atoms with van der Waals surface area (Å²) in [6, 6.07) is 16.5. The molecule has 1 aliphatic heterocycles. The van der Waals surface area contributed by atoms with E-state index in [1.807, 2.05) is 18.2 Å². The van der Waals surface area contributed by atoms with Gasteiger partial charge in [-0.2, -0.15) is 0 Å². The predicted molar refractivity (Wildman–Crippen MR) is 139 cm³/mol. The van der Waals surface area contributed by atoms with Gasteiger partial charge in [-0.15, -0.1) is 0 Å². The second-order valence-electron chi connectivity index (χ2n) is 8.86. The van der Waals surface area contributed by atoms with Gasteiger partial charge < -0.3 is 14.8 Å². The second kappa shape index (κ2) is 9.13. The van der Waals surface area contributed by atoms with Gasteiger partial charge in [0.2, 0.25) is 0 Å². The molecule has 35 heavy (non-hydrogen) atoms. The summed E-state index contributed by atoms with van der Waals surface area (Å²) in [5.74, 6) is 1.73. The molecule has 0 saturated heterocycles. The molecule has 1 aliphatic carbocycles. The highest BCUT2D eigenvalue weighted by Crippen LogP contribution is 2.51. The van der Waals surface area contributed by atoms with E-state index in [0.717, 1.165) is 23.2 Å². The molecule has 182 valence electrons. The van der Waals surface area contributed by atoms with Gasteiger partial charge in [0, 0.05) is 16.6 Å². The summed E-state index contributed by atoms with van der Waals surface area (Å²) in [5.41, 5.74) is 4.16. The number of halogens is 1. The molecular weight excluding hydrogens is 484 g/mol. The summed E-state index contributed by atoms with van der Waals surface area (Å²) in [7, 11) is -0.534. The van der Waals surface area contributed by atoms with Gasteiger partial charge in [0.05, 0.1) is 30.8 Å². The SMILES string of the molecule is COc1ccc([C@H]2Nc3ccc(S(=O)(=O)Nc4cccc(Cl)c4C)cc3[C@H]3C=CC[C@H]32)cc1OC. The van der Waals surface area contributed by atoms with Crippen molar-refractivity contribution in [1.82, 2.24) is 0 Å². The van der Waals surface area contributed by atoms with Gasteiger partial charge in [0.15, 0.2) is 11.5 Å². The van der Waals surface area contributed by atoms with Crippen LogP contribution in [-0.2, 0) is 10.0 Å². The molecule has 0 fully saturated rings. The number of fused-ring (bicyclic) bond motifs is 3. The number of allylic oxidation sites excluding steroid dienone is 2. The number of methoxy groups -OCH3 is 2. The van der Waals surface area contributed by atoms with E-state index in [1.54, 1.807) is 51.5 Å². The van der Waals surface area contributed by atoms with Crippen LogP contribution in [0.5, 0.6) is 11.5 Å². The molecule has 2 aliphatic rings. The van der Waals surface area contributed by atoms with E-state index in [1.165, 1.54) is 0 Å². The van der Waals surface area contributed by atoms with E-state index in [9.17, 15) is 8.42 Å². The summed E-state index contributed by atoms with van der Waals surface area (Å²) < 4.78 is 40.1. The van der Waals surface area contributed by atoms with Crippen molar-refractivity contribution in [1.29, 1.82) is 0 Å². The number of ether oxygens (including phenoxy) is 2. The van der Waals surface area contributed by atoms with Crippen molar-refractivity contribution >= 4 is 33.0 Å². The Balaban J connectivity index is 1.49. The number of hydrogen-bond donors (Lipinski definition) is 2. The molecular formula is C27H27ClN2O4S. The highest BCUT2D eigenvalue weighted by atomic mass is 35.5. The molecule has 0 aromatic heterocycles. The molecule has 0 saturated carbocycles. The van der Waals surface area contributed by atoms with Crippen LogP contribution in [0.25, 0.3) is 0 Å². The Labute approximate surface area is 211 Å². The molecule has 0 radical (unpaired) electrons. The van der Waals surface area contributed by atoms with Crippen LogP contribution in [0.1, 0.15) is 35.1 Å². The Bertz CT molecular complexity index is 1420. The first-order valence-electron chi connectivity index (χ1n) is 11.4. The quantitative estimate of drug-likeness (QED) is 0.381. The topological polar surface area (TPSA) is 76.7 Å². The zero-order valence-corrected chi connectivity index (χ0v) is 21.3. The van der Waals surface area contributed by atoms with Crippen LogP contribution >= 0.6 is 11.6 Å². The predicted octanol–water partition coefficient (Wildman–Crippen LogP) is 6.29. The molecule has 3 aromatic rings. The number of nitrogens with one attached hydrogen (secondary N) is 2. The van der Waals surface area contributed by atoms with E-state index < -0.39 is 10.0 Å². The van der Waals surface area contributed by atoms with Gasteiger partial charge in [0.1, 0.15) is 0 Å². The highest BCUT2D eigenvalue weighted by molar-refractivity contribution is 7.92. The van der Waals surface area contributed by atoms with Crippen molar-refractivity contribution in [2.24, 2.45) is 5.92 Å². The largest absolute Gasteiger partial charge is 0.493 e. The standard InChI is InChI=1S/C27H27ClN2O4S/c1-16-22(28)8-5-9-23(16)30-35(31,32)18-11-12-24-21(15-18)19-6-4-7-20(19)27(29-24)17-10-13-25(33-2)26(14-17)34-3/h4-6,8-15,19-20,27,29-30H,7H2,1-3H3/t19-,20+,27+/m0/s1. The molecule has 0 amide bonds. The molecule has 0 unspecified atom stereocenters. The molecule has 5 rings (SSSR count). The van der Waals surface area contributed by atoms with Gasteiger partial charge in [-0.3, -0.25) is 4.72 Å². The molecule has 8 heteroatoms. The van der Waals surface area contributed by atoms with Crippen LogP contribution in [-0.4, -0.2) is 22.6 Å². The van der Waals surface area contributed by atoms with Gasteiger partial charge in [0.25, 0.3) is 10.0 Å². The number of benzene rings is 3. The van der Waals surface area contributed by atoms with E-state index in [4.69, 9.17) is 21.1 Å². The summed E-state index contributed by atoms with van der Waals surface area (Å²) >= 11 is 6.18. The average molecular weight is 511 g/mol. The van der Waals surface area contributed by atoms with Crippen LogP contribution in [0.4, 0.5) is 11.4 Å². The van der Waals surface area contributed by atoms with Crippen LogP contribution in [0, 0.1) is 12.8 Å². The molecule has 0 spiro atoms. The maximum atomic E-state index is 13.2. The molecule has 3 aromatic carbocycles. The molecule has 1 heterocycles. The molecule has 2 N–H and O–H groups in total. The monoisotopic (exact) mass is 510 g/mol. The minimum absolute atomic E-state index is 0.0528. The first-order chi connectivity index (χ1) is 16.8. The summed E-state index contributed by atoms with van der Waals surface area (Å²) in [6.07, 6.45) is 5.25. The Morgan fingerprint density at radius 1 is 1.03 bits per heavy atom. The van der Waals surface area contributed by atoms with Crippen molar-refractivity contribution in [3.8, 4) is 11.5 Å². The Morgan fingerprint density at radius 2 is 1.83 bits per heavy atom. The Kier molecular flexibility index (Phi) is 6.15. The van der Waals surface area contributed by atoms with Gasteiger partial charge in [-0.25, -0.2) is 8.42 Å². The third-order valence-corrected chi connectivity index (χ3v) is 8.70. The first-order valence-corrected chi connectivity index (χ1v) is 13.3. The fourth-order valence-electron chi connectivity index (χ4n) is 5.04. The molecule has 6 nitrogen and oxygen atoms in total. The van der Waals surface area contributed by atoms with Crippen molar-refractivity contribution in [3.05, 3.63) is 88.5 Å². The fraction of sp³-hybridized carbons (Fsp3) is 0.259. The first kappa shape index (κ1) is 23.6. The summed E-state index contributed by atoms with van der Waals surface area (Å²) in [5, 5.41) is 4.16. The number of sulfonamides is 1. The van der Waals surface area contributed by atoms with Crippen molar-refractivity contribution < 1.29 is 17.9 Å². The van der Waals surface area contributed by atoms with E-state index >= 15 is 0 Å². The van der Waals surface area contributed by atoms with E-state index in [-0.39, 0.29) is 22.8 Å². The summed E-state index contributed by atoms with van der Waals surface area (Å²) in [6.45, 7) is 1.79. The lowest BCUT2D eigenvalue weighted by Gasteiger charge is -2.38. The third kappa shape index (κ3) is 4.23. The molecule has 0 bridgehead atoms. The minimum Gasteiger partial charge on any atom is -0.493 e. The van der Waals surface area contributed by atoms with Gasteiger partial charge >= 0.3 is 0 Å². The maximum Gasteiger partial charge on any atom is 0.261 e. The highest BCUT2D eigenvalue weighted by Gasteiger charge is 2.38. The Morgan fingerprint density at radius 3 is 2.60 bits per heavy atom. The van der Waals surface area contributed by atoms with E-state index in [0.29, 0.717) is 27.8 Å². The second-order valence-corrected chi connectivity index (χ2v) is 10.9. The van der Waals surface area contributed by atoms with Gasteiger partial charge in [-0.1, -0.05) is 35.9 Å². The molecule has 3 atom stereocenters. The minimum atomic E-state index is -3.79. The van der Waals surface area contributed by atoms with Crippen LogP contribution in [0.3, 0.4) is 0 Å². The van der Waals surface area contributed by atoms with Crippen molar-refractivity contribution in [3.63, 3.8) is 0 Å². The smallest absolute Gasteiger partial charge is 0.261 e. The fourth-order valence-corrected chi connectivity index (χ4v) is 6.37. The maximum absolute atomic E-state index is 13.2. The zero-order valence-electron chi connectivity index (χ0n) is 19.7. The van der Waals surface area contributed by atoms with Crippen LogP contribution < -0.4 is 19.5 Å². The zero-order chi connectivity index (χ0) is 24.7. The van der Waals surface area contributed by atoms with E-state index in [2.05, 4.69) is 28.3 Å². The van der Waals surface area contributed by atoms with Gasteiger partial charge in [-0.05, 0) is 78.4 Å². The number of hydrogen-bond acceptors (Lipinski definition) is 5. The van der Waals surface area contributed by atoms with Crippen molar-refractivity contribution in [2.45, 2.75) is 30.2 Å². The average Bonchev–Trinajstić information content (AvgIpc) is 3.36. The van der Waals surface area contributed by atoms with Crippen LogP contribution in [0.15, 0.2) is 71.6 Å². The number of rotatable bonds is 6. The Hall–Kier alpha value is -3.16. The summed E-state index contributed by atoms with van der Waals surface area (Å²) in [4.78, 5) is 0.223. The third-order valence-electron chi connectivity index (χ3n) is 6.92. The van der Waals surface area contributed by atoms with Crippen LogP contribution in [0.2, 0.25) is 5.02 Å². The number of anilines is 2.